The first-order valence-electron chi connectivity index (χ1n) is 8.93. The van der Waals surface area contributed by atoms with Crippen molar-refractivity contribution in [2.45, 2.75) is 36.8 Å². The number of hydrogen-bond acceptors (Lipinski definition) is 7. The van der Waals surface area contributed by atoms with Gasteiger partial charge in [0.2, 0.25) is 15.0 Å². The Hall–Kier alpha value is -1.84. The van der Waals surface area contributed by atoms with E-state index >= 15 is 0 Å². The number of nitrogens with zero attached hydrogens (tertiary/aromatic N) is 3. The zero-order chi connectivity index (χ0) is 19.6. The Morgan fingerprint density at radius 2 is 1.96 bits per heavy atom. The van der Waals surface area contributed by atoms with E-state index in [9.17, 15) is 22.0 Å². The molecule has 0 amide bonds. The largest absolute Gasteiger partial charge is 0.469 e. The molecule has 2 heterocycles. The summed E-state index contributed by atoms with van der Waals surface area (Å²) in [4.78, 5) is 21.2. The lowest BCUT2D eigenvalue weighted by Gasteiger charge is -2.30. The summed E-state index contributed by atoms with van der Waals surface area (Å²) in [6.45, 7) is 1.15. The average molecular weight is 401 g/mol. The van der Waals surface area contributed by atoms with Gasteiger partial charge in [-0.15, -0.1) is 0 Å². The lowest BCUT2D eigenvalue weighted by Crippen LogP contribution is -2.32. The fourth-order valence-corrected chi connectivity index (χ4v) is 4.93. The van der Waals surface area contributed by atoms with Crippen molar-refractivity contribution in [2.75, 3.05) is 31.4 Å². The number of aromatic nitrogens is 2. The number of rotatable bonds is 4. The molecule has 1 aromatic rings. The Labute approximate surface area is 156 Å². The second-order valence-corrected chi connectivity index (χ2v) is 9.57. The number of ether oxygens (including phenoxy) is 1. The van der Waals surface area contributed by atoms with E-state index in [2.05, 4.69) is 9.97 Å². The summed E-state index contributed by atoms with van der Waals surface area (Å²) < 4.78 is 57.4. The smallest absolute Gasteiger partial charge is 0.305 e. The van der Waals surface area contributed by atoms with Crippen molar-refractivity contribution in [3.63, 3.8) is 0 Å². The van der Waals surface area contributed by atoms with E-state index in [4.69, 9.17) is 4.74 Å². The number of esters is 1. The number of anilines is 1. The minimum absolute atomic E-state index is 0.238. The van der Waals surface area contributed by atoms with E-state index < -0.39 is 26.6 Å². The lowest BCUT2D eigenvalue weighted by atomic mass is 9.93. The molecule has 1 unspecified atom stereocenters. The number of fused-ring (bicyclic) bond motifs is 2. The van der Waals surface area contributed by atoms with E-state index in [0.717, 1.165) is 6.26 Å². The fourth-order valence-electron chi connectivity index (χ4n) is 4.42. The van der Waals surface area contributed by atoms with Crippen molar-refractivity contribution in [1.82, 2.24) is 9.97 Å². The summed E-state index contributed by atoms with van der Waals surface area (Å²) in [5.41, 5.74) is -0.102. The molecule has 0 N–H and O–H groups in total. The van der Waals surface area contributed by atoms with Gasteiger partial charge in [-0.25, -0.2) is 18.4 Å². The molecule has 1 saturated heterocycles. The molecule has 1 aromatic heterocycles. The summed E-state index contributed by atoms with van der Waals surface area (Å²) >= 11 is 0. The molecule has 3 aliphatic rings. The quantitative estimate of drug-likeness (QED) is 0.559. The number of carbonyl (C=O) groups is 1. The van der Waals surface area contributed by atoms with Crippen molar-refractivity contribution < 1.29 is 26.7 Å². The summed E-state index contributed by atoms with van der Waals surface area (Å²) in [5, 5.41) is -0.551. The van der Waals surface area contributed by atoms with Gasteiger partial charge in [0, 0.05) is 37.8 Å². The zero-order valence-electron chi connectivity index (χ0n) is 15.1. The maximum atomic E-state index is 14.4. The Morgan fingerprint density at radius 1 is 1.30 bits per heavy atom. The Balaban J connectivity index is 1.65. The van der Waals surface area contributed by atoms with Crippen LogP contribution in [0.1, 0.15) is 30.5 Å². The summed E-state index contributed by atoms with van der Waals surface area (Å²) in [7, 11) is -2.46. The average Bonchev–Trinajstić information content (AvgIpc) is 3.02. The van der Waals surface area contributed by atoms with Gasteiger partial charge in [-0.3, -0.25) is 4.79 Å². The number of methoxy groups -OCH3 is 1. The molecule has 1 saturated carbocycles. The van der Waals surface area contributed by atoms with Gasteiger partial charge in [0.15, 0.2) is 0 Å². The Bertz CT molecular complexity index is 894. The first kappa shape index (κ1) is 18.5. The predicted molar refractivity (Wildman–Crippen MR) is 91.3 cm³/mol. The van der Waals surface area contributed by atoms with Crippen molar-refractivity contribution >= 4 is 21.6 Å². The van der Waals surface area contributed by atoms with Gasteiger partial charge in [0.25, 0.3) is 5.92 Å². The third-order valence-electron chi connectivity index (χ3n) is 5.86. The van der Waals surface area contributed by atoms with E-state index in [-0.39, 0.29) is 30.1 Å². The Morgan fingerprint density at radius 3 is 2.56 bits per heavy atom. The number of hydrogen-bond donors (Lipinski definition) is 0. The number of sulfone groups is 1. The highest BCUT2D eigenvalue weighted by molar-refractivity contribution is 7.90. The maximum Gasteiger partial charge on any atom is 0.305 e. The monoisotopic (exact) mass is 401 g/mol. The van der Waals surface area contributed by atoms with E-state index in [1.54, 1.807) is 0 Å². The molecule has 0 radical (unpaired) electrons. The number of halogens is 2. The number of piperidine rings is 1. The fraction of sp³-hybridized carbons (Fsp3) is 0.706. The van der Waals surface area contributed by atoms with Gasteiger partial charge < -0.3 is 9.64 Å². The molecular weight excluding hydrogens is 380 g/mol. The predicted octanol–water partition coefficient (Wildman–Crippen LogP) is 1.55. The molecule has 0 bridgehead atoms. The van der Waals surface area contributed by atoms with Gasteiger partial charge >= 0.3 is 5.97 Å². The van der Waals surface area contributed by atoms with Crippen molar-refractivity contribution in [3.05, 3.63) is 11.3 Å². The van der Waals surface area contributed by atoms with Crippen LogP contribution < -0.4 is 4.90 Å². The minimum atomic E-state index is -3.81. The van der Waals surface area contributed by atoms with Crippen LogP contribution in [0.15, 0.2) is 5.16 Å². The molecule has 0 spiro atoms. The lowest BCUT2D eigenvalue weighted by molar-refractivity contribution is -0.141. The molecule has 4 rings (SSSR count). The van der Waals surface area contributed by atoms with E-state index in [0.29, 0.717) is 43.7 Å². The highest BCUT2D eigenvalue weighted by Crippen LogP contribution is 2.55. The molecule has 3 atom stereocenters. The third-order valence-corrected chi connectivity index (χ3v) is 6.71. The first-order valence-corrected chi connectivity index (χ1v) is 10.8. The molecular formula is C17H21F2N3O4S. The molecule has 0 aromatic carbocycles. The second kappa shape index (κ2) is 6.08. The summed E-state index contributed by atoms with van der Waals surface area (Å²) in [6, 6.07) is 0. The second-order valence-electron chi connectivity index (χ2n) is 7.66. The molecule has 1 aliphatic heterocycles. The molecule has 27 heavy (non-hydrogen) atoms. The van der Waals surface area contributed by atoms with Crippen LogP contribution in [0.3, 0.4) is 0 Å². The number of alkyl halides is 2. The van der Waals surface area contributed by atoms with Gasteiger partial charge in [-0.1, -0.05) is 0 Å². The SMILES string of the molecule is COC(=O)CC1[C@H]2CN(c3nc(S(C)(=O)=O)nc4c3CCCC4(F)F)C[C@@H]12. The van der Waals surface area contributed by atoms with Gasteiger partial charge in [-0.05, 0) is 30.6 Å². The zero-order valence-corrected chi connectivity index (χ0v) is 15.9. The topological polar surface area (TPSA) is 89.5 Å². The van der Waals surface area contributed by atoms with Crippen molar-refractivity contribution in [3.8, 4) is 0 Å². The van der Waals surface area contributed by atoms with Crippen LogP contribution >= 0.6 is 0 Å². The summed E-state index contributed by atoms with van der Waals surface area (Å²) in [5.74, 6) is -2.30. The minimum Gasteiger partial charge on any atom is -0.469 e. The molecule has 7 nitrogen and oxygen atoms in total. The highest BCUT2D eigenvalue weighted by atomic mass is 32.2. The summed E-state index contributed by atoms with van der Waals surface area (Å²) in [6.07, 6.45) is 1.65. The van der Waals surface area contributed by atoms with Crippen LogP contribution in [0.2, 0.25) is 0 Å². The van der Waals surface area contributed by atoms with Crippen LogP contribution in [-0.4, -0.2) is 50.8 Å². The third kappa shape index (κ3) is 3.17. The molecule has 148 valence electrons. The van der Waals surface area contributed by atoms with Crippen molar-refractivity contribution in [2.24, 2.45) is 17.8 Å². The highest BCUT2D eigenvalue weighted by Gasteiger charge is 2.57. The van der Waals surface area contributed by atoms with Crippen LogP contribution in [0.25, 0.3) is 0 Å². The molecule has 2 aliphatic carbocycles. The molecule has 10 heteroatoms. The van der Waals surface area contributed by atoms with E-state index in [1.165, 1.54) is 7.11 Å². The van der Waals surface area contributed by atoms with Crippen LogP contribution in [0, 0.1) is 17.8 Å². The van der Waals surface area contributed by atoms with Gasteiger partial charge in [0.1, 0.15) is 11.5 Å². The standard InChI is InChI=1S/C17H21F2N3O4S/c1-26-13(23)6-10-11-7-22(8-12(10)11)15-9-4-3-5-17(18,19)14(9)20-16(21-15)27(2,24)25/h10-12H,3-8H2,1-2H3/t10?,11-,12+. The van der Waals surface area contributed by atoms with Crippen molar-refractivity contribution in [1.29, 1.82) is 0 Å². The van der Waals surface area contributed by atoms with E-state index in [1.807, 2.05) is 4.90 Å². The van der Waals surface area contributed by atoms with Crippen LogP contribution in [-0.2, 0) is 31.7 Å². The van der Waals surface area contributed by atoms with Gasteiger partial charge in [0.05, 0.1) is 7.11 Å². The maximum absolute atomic E-state index is 14.4. The first-order chi connectivity index (χ1) is 12.6. The molecule has 2 fully saturated rings. The van der Waals surface area contributed by atoms with Crippen LogP contribution in [0.4, 0.5) is 14.6 Å². The van der Waals surface area contributed by atoms with Gasteiger partial charge in [-0.2, -0.15) is 8.78 Å². The Kier molecular flexibility index (Phi) is 4.17. The normalized spacial score (nSPS) is 28.4. The number of carbonyl (C=O) groups excluding carboxylic acids is 1. The van der Waals surface area contributed by atoms with Crippen LogP contribution in [0.5, 0.6) is 0 Å².